The average Bonchev–Trinajstić information content (AvgIpc) is 2.25. The predicted octanol–water partition coefficient (Wildman–Crippen LogP) is 4.02. The maximum absolute atomic E-state index is 6.01. The maximum Gasteiger partial charge on any atom is 0.146 e. The fourth-order valence-corrected chi connectivity index (χ4v) is 1.56. The quantitative estimate of drug-likeness (QED) is 0.795. The molecule has 0 saturated heterocycles. The second-order valence-electron chi connectivity index (χ2n) is 3.60. The number of anilines is 1. The molecule has 2 aromatic carbocycles. The molecule has 2 aromatic rings. The lowest BCUT2D eigenvalue weighted by Crippen LogP contribution is -1.88. The number of aryl methyl sites for hydroxylation is 1. The number of halogens is 1. The smallest absolute Gasteiger partial charge is 0.146 e. The summed E-state index contributed by atoms with van der Waals surface area (Å²) < 4.78 is 5.63. The van der Waals surface area contributed by atoms with Crippen molar-refractivity contribution >= 4 is 17.3 Å². The largest absolute Gasteiger partial charge is 0.456 e. The maximum atomic E-state index is 6.01. The first-order chi connectivity index (χ1) is 7.65. The third kappa shape index (κ3) is 2.47. The molecule has 0 aliphatic carbocycles. The van der Waals surface area contributed by atoms with Gasteiger partial charge in [-0.1, -0.05) is 29.3 Å². The first-order valence-electron chi connectivity index (χ1n) is 4.95. The van der Waals surface area contributed by atoms with Crippen LogP contribution in [0.15, 0.2) is 42.5 Å². The molecule has 2 N–H and O–H groups in total. The standard InChI is InChI=1S/C13H12ClNO/c1-9-2-5-11(6-3-9)16-13-7-4-10(15)8-12(13)14/h2-8H,15H2,1H3. The number of benzene rings is 2. The molecule has 0 saturated carbocycles. The normalized spacial score (nSPS) is 10.1. The van der Waals surface area contributed by atoms with Crippen molar-refractivity contribution < 1.29 is 4.74 Å². The molecule has 16 heavy (non-hydrogen) atoms. The molecule has 0 heterocycles. The van der Waals surface area contributed by atoms with Crippen LogP contribution in [0.25, 0.3) is 0 Å². The molecule has 2 rings (SSSR count). The highest BCUT2D eigenvalue weighted by molar-refractivity contribution is 6.32. The Labute approximate surface area is 99.6 Å². The van der Waals surface area contributed by atoms with E-state index >= 15 is 0 Å². The van der Waals surface area contributed by atoms with Crippen LogP contribution in [0.3, 0.4) is 0 Å². The molecule has 0 fully saturated rings. The van der Waals surface area contributed by atoms with Crippen molar-refractivity contribution in [1.29, 1.82) is 0 Å². The Morgan fingerprint density at radius 2 is 1.75 bits per heavy atom. The second kappa shape index (κ2) is 4.45. The summed E-state index contributed by atoms with van der Waals surface area (Å²) in [5, 5.41) is 0.514. The highest BCUT2D eigenvalue weighted by Crippen LogP contribution is 2.30. The van der Waals surface area contributed by atoms with Gasteiger partial charge in [-0.25, -0.2) is 0 Å². The average molecular weight is 234 g/mol. The highest BCUT2D eigenvalue weighted by Gasteiger charge is 2.03. The van der Waals surface area contributed by atoms with E-state index in [0.717, 1.165) is 5.75 Å². The van der Waals surface area contributed by atoms with E-state index in [-0.39, 0.29) is 0 Å². The Bertz CT molecular complexity index is 494. The van der Waals surface area contributed by atoms with Crippen LogP contribution in [0.1, 0.15) is 5.56 Å². The second-order valence-corrected chi connectivity index (χ2v) is 4.01. The van der Waals surface area contributed by atoms with Gasteiger partial charge in [-0.15, -0.1) is 0 Å². The minimum atomic E-state index is 0.514. The lowest BCUT2D eigenvalue weighted by molar-refractivity contribution is 0.483. The molecule has 0 aliphatic rings. The predicted molar refractivity (Wildman–Crippen MR) is 67.1 cm³/mol. The van der Waals surface area contributed by atoms with E-state index in [9.17, 15) is 0 Å². The van der Waals surface area contributed by atoms with Crippen molar-refractivity contribution in [2.24, 2.45) is 0 Å². The molecule has 0 atom stereocenters. The monoisotopic (exact) mass is 233 g/mol. The summed E-state index contributed by atoms with van der Waals surface area (Å²) in [6.45, 7) is 2.03. The van der Waals surface area contributed by atoms with E-state index in [0.29, 0.717) is 16.5 Å². The Kier molecular flexibility index (Phi) is 3.02. The van der Waals surface area contributed by atoms with Crippen LogP contribution in [0.5, 0.6) is 11.5 Å². The van der Waals surface area contributed by atoms with Gasteiger partial charge in [0.05, 0.1) is 5.02 Å². The summed E-state index contributed by atoms with van der Waals surface area (Å²) in [5.74, 6) is 1.37. The van der Waals surface area contributed by atoms with Crippen LogP contribution in [-0.2, 0) is 0 Å². The third-order valence-electron chi connectivity index (χ3n) is 2.20. The van der Waals surface area contributed by atoms with Gasteiger partial charge in [-0.3, -0.25) is 0 Å². The van der Waals surface area contributed by atoms with Crippen molar-refractivity contribution in [3.63, 3.8) is 0 Å². The molecule has 0 radical (unpaired) electrons. The Hall–Kier alpha value is -1.67. The fraction of sp³-hybridized carbons (Fsp3) is 0.0769. The lowest BCUT2D eigenvalue weighted by Gasteiger charge is -2.08. The minimum absolute atomic E-state index is 0.514. The molecule has 82 valence electrons. The van der Waals surface area contributed by atoms with E-state index < -0.39 is 0 Å². The molecular weight excluding hydrogens is 222 g/mol. The summed E-state index contributed by atoms with van der Waals surface area (Å²) in [7, 11) is 0. The fourth-order valence-electron chi connectivity index (χ4n) is 1.33. The van der Waals surface area contributed by atoms with Crippen molar-refractivity contribution in [3.05, 3.63) is 53.1 Å². The SMILES string of the molecule is Cc1ccc(Oc2ccc(N)cc2Cl)cc1. The number of rotatable bonds is 2. The van der Waals surface area contributed by atoms with Crippen molar-refractivity contribution in [3.8, 4) is 11.5 Å². The Morgan fingerprint density at radius 3 is 2.38 bits per heavy atom. The number of hydrogen-bond donors (Lipinski definition) is 1. The van der Waals surface area contributed by atoms with Crippen molar-refractivity contribution in [1.82, 2.24) is 0 Å². The molecule has 0 spiro atoms. The van der Waals surface area contributed by atoms with Crippen LogP contribution in [-0.4, -0.2) is 0 Å². The number of nitrogen functional groups attached to an aromatic ring is 1. The Morgan fingerprint density at radius 1 is 1.06 bits per heavy atom. The van der Waals surface area contributed by atoms with Crippen LogP contribution in [0.2, 0.25) is 5.02 Å². The number of ether oxygens (including phenoxy) is 1. The Balaban J connectivity index is 2.23. The van der Waals surface area contributed by atoms with Crippen LogP contribution in [0, 0.1) is 6.92 Å². The van der Waals surface area contributed by atoms with E-state index in [1.807, 2.05) is 31.2 Å². The van der Waals surface area contributed by atoms with E-state index in [2.05, 4.69) is 0 Å². The lowest BCUT2D eigenvalue weighted by atomic mass is 10.2. The van der Waals surface area contributed by atoms with E-state index in [1.165, 1.54) is 5.56 Å². The molecule has 2 nitrogen and oxygen atoms in total. The summed E-state index contributed by atoms with van der Waals surface area (Å²) in [5.41, 5.74) is 7.42. The summed E-state index contributed by atoms with van der Waals surface area (Å²) in [4.78, 5) is 0. The first-order valence-corrected chi connectivity index (χ1v) is 5.32. The van der Waals surface area contributed by atoms with Crippen LogP contribution in [0.4, 0.5) is 5.69 Å². The van der Waals surface area contributed by atoms with Gasteiger partial charge >= 0.3 is 0 Å². The number of nitrogens with two attached hydrogens (primary N) is 1. The van der Waals surface area contributed by atoms with Gasteiger partial charge in [0.1, 0.15) is 11.5 Å². The van der Waals surface area contributed by atoms with Gasteiger partial charge in [0, 0.05) is 5.69 Å². The zero-order valence-corrected chi connectivity index (χ0v) is 9.66. The van der Waals surface area contributed by atoms with Gasteiger partial charge in [-0.2, -0.15) is 0 Å². The zero-order valence-electron chi connectivity index (χ0n) is 8.91. The van der Waals surface area contributed by atoms with Gasteiger partial charge in [0.25, 0.3) is 0 Å². The van der Waals surface area contributed by atoms with Crippen molar-refractivity contribution in [2.45, 2.75) is 6.92 Å². The van der Waals surface area contributed by atoms with Crippen molar-refractivity contribution in [2.75, 3.05) is 5.73 Å². The molecule has 0 unspecified atom stereocenters. The molecule has 0 aromatic heterocycles. The topological polar surface area (TPSA) is 35.2 Å². The minimum Gasteiger partial charge on any atom is -0.456 e. The molecule has 0 bridgehead atoms. The van der Waals surface area contributed by atoms with E-state index in [1.54, 1.807) is 18.2 Å². The van der Waals surface area contributed by atoms with Gasteiger partial charge in [-0.05, 0) is 37.3 Å². The van der Waals surface area contributed by atoms with E-state index in [4.69, 9.17) is 22.1 Å². The molecule has 0 amide bonds. The summed E-state index contributed by atoms with van der Waals surface area (Å²) >= 11 is 6.01. The molecular formula is C13H12ClNO. The zero-order chi connectivity index (χ0) is 11.5. The molecule has 3 heteroatoms. The third-order valence-corrected chi connectivity index (χ3v) is 2.50. The van der Waals surface area contributed by atoms with Gasteiger partial charge in [0.2, 0.25) is 0 Å². The van der Waals surface area contributed by atoms with Crippen LogP contribution >= 0.6 is 11.6 Å². The summed E-state index contributed by atoms with van der Waals surface area (Å²) in [6, 6.07) is 13.0. The number of hydrogen-bond acceptors (Lipinski definition) is 2. The van der Waals surface area contributed by atoms with Gasteiger partial charge in [0.15, 0.2) is 0 Å². The first kappa shape index (κ1) is 10.8. The highest BCUT2D eigenvalue weighted by atomic mass is 35.5. The van der Waals surface area contributed by atoms with Gasteiger partial charge < -0.3 is 10.5 Å². The molecule has 0 aliphatic heterocycles. The van der Waals surface area contributed by atoms with Crippen LogP contribution < -0.4 is 10.5 Å². The summed E-state index contributed by atoms with van der Waals surface area (Å²) in [6.07, 6.45) is 0.